The van der Waals surface area contributed by atoms with Crippen molar-refractivity contribution in [1.29, 1.82) is 0 Å². The van der Waals surface area contributed by atoms with Crippen molar-refractivity contribution < 1.29 is 14.6 Å². The number of halogens is 1. The topological polar surface area (TPSA) is 59.4 Å². The molecule has 21 heavy (non-hydrogen) atoms. The third kappa shape index (κ3) is 4.61. The molecule has 1 aromatic heterocycles. The Morgan fingerprint density at radius 2 is 2.00 bits per heavy atom. The first-order valence-electron chi connectivity index (χ1n) is 6.30. The molecule has 2 rings (SSSR count). The summed E-state index contributed by atoms with van der Waals surface area (Å²) in [4.78, 5) is 14.9. The summed E-state index contributed by atoms with van der Waals surface area (Å²) in [6.07, 6.45) is 2.46. The minimum absolute atomic E-state index is 0.357. The lowest BCUT2D eigenvalue weighted by molar-refractivity contribution is -0.131. The molecule has 0 aliphatic carbocycles. The zero-order chi connectivity index (χ0) is 15.2. The van der Waals surface area contributed by atoms with Gasteiger partial charge in [-0.25, -0.2) is 9.78 Å². The van der Waals surface area contributed by atoms with E-state index in [9.17, 15) is 4.79 Å². The minimum Gasteiger partial charge on any atom is -0.487 e. The van der Waals surface area contributed by atoms with Crippen molar-refractivity contribution in [3.05, 3.63) is 64.4 Å². The summed E-state index contributed by atoms with van der Waals surface area (Å²) >= 11 is 5.83. The summed E-state index contributed by atoms with van der Waals surface area (Å²) < 4.78 is 5.70. The van der Waals surface area contributed by atoms with Crippen LogP contribution >= 0.6 is 11.6 Å². The van der Waals surface area contributed by atoms with Gasteiger partial charge < -0.3 is 9.84 Å². The van der Waals surface area contributed by atoms with Gasteiger partial charge >= 0.3 is 5.97 Å². The van der Waals surface area contributed by atoms with E-state index in [4.69, 9.17) is 21.4 Å². The predicted octanol–water partition coefficient (Wildman–Crippen LogP) is 3.72. The number of aromatic nitrogens is 1. The van der Waals surface area contributed by atoms with Crippen molar-refractivity contribution in [2.45, 2.75) is 13.5 Å². The van der Waals surface area contributed by atoms with Gasteiger partial charge in [0.2, 0.25) is 0 Å². The van der Waals surface area contributed by atoms with Crippen LogP contribution in [0.4, 0.5) is 0 Å². The number of rotatable bonds is 5. The molecule has 1 aromatic carbocycles. The van der Waals surface area contributed by atoms with E-state index in [0.717, 1.165) is 17.3 Å². The molecule has 108 valence electrons. The van der Waals surface area contributed by atoms with Gasteiger partial charge in [-0.3, -0.25) is 0 Å². The second-order valence-corrected chi connectivity index (χ2v) is 4.86. The Labute approximate surface area is 127 Å². The first kappa shape index (κ1) is 15.1. The summed E-state index contributed by atoms with van der Waals surface area (Å²) in [5, 5.41) is 9.37. The number of nitrogens with zero attached hydrogens (tertiary/aromatic N) is 1. The molecule has 0 saturated carbocycles. The first-order chi connectivity index (χ1) is 10.0. The maximum absolute atomic E-state index is 10.6. The molecule has 0 aliphatic heterocycles. The largest absolute Gasteiger partial charge is 0.487 e. The third-order valence-electron chi connectivity index (χ3n) is 2.72. The summed E-state index contributed by atoms with van der Waals surface area (Å²) in [5.41, 5.74) is 2.25. The third-order valence-corrected chi connectivity index (χ3v) is 2.97. The molecule has 0 spiro atoms. The minimum atomic E-state index is -1.03. The van der Waals surface area contributed by atoms with Gasteiger partial charge in [0.05, 0.1) is 0 Å². The van der Waals surface area contributed by atoms with Crippen LogP contribution < -0.4 is 4.74 Å². The van der Waals surface area contributed by atoms with E-state index in [1.165, 1.54) is 6.08 Å². The lowest BCUT2D eigenvalue weighted by Crippen LogP contribution is -1.99. The van der Waals surface area contributed by atoms with Crippen LogP contribution in [-0.2, 0) is 11.4 Å². The number of aryl methyl sites for hydroxylation is 1. The number of benzene rings is 1. The van der Waals surface area contributed by atoms with Crippen molar-refractivity contribution in [2.24, 2.45) is 0 Å². The molecule has 5 heteroatoms. The van der Waals surface area contributed by atoms with Crippen LogP contribution in [0.15, 0.2) is 42.5 Å². The second kappa shape index (κ2) is 6.90. The highest BCUT2D eigenvalue weighted by molar-refractivity contribution is 6.30. The molecule has 0 fully saturated rings. The number of hydrogen-bond acceptors (Lipinski definition) is 3. The molecular formula is C16H14ClNO3. The lowest BCUT2D eigenvalue weighted by Gasteiger charge is -2.09. The van der Waals surface area contributed by atoms with Gasteiger partial charge in [-0.15, -0.1) is 0 Å². The number of carbonyl (C=O) groups is 1. The molecule has 1 N–H and O–H groups in total. The Bertz CT molecular complexity index is 666. The van der Waals surface area contributed by atoms with E-state index in [0.29, 0.717) is 23.1 Å². The van der Waals surface area contributed by atoms with Crippen molar-refractivity contribution in [2.75, 3.05) is 0 Å². The van der Waals surface area contributed by atoms with Gasteiger partial charge in [-0.2, -0.15) is 0 Å². The number of aliphatic carboxylic acids is 1. The van der Waals surface area contributed by atoms with Crippen LogP contribution in [0.2, 0.25) is 5.02 Å². The number of carboxylic acids is 1. The monoisotopic (exact) mass is 303 g/mol. The highest BCUT2D eigenvalue weighted by Gasteiger charge is 2.04. The Morgan fingerprint density at radius 1 is 1.29 bits per heavy atom. The molecule has 0 bridgehead atoms. The molecule has 2 aromatic rings. The molecule has 0 radical (unpaired) electrons. The van der Waals surface area contributed by atoms with Gasteiger partial charge in [0.25, 0.3) is 0 Å². The summed E-state index contributed by atoms with van der Waals surface area (Å²) in [7, 11) is 0. The summed E-state index contributed by atoms with van der Waals surface area (Å²) in [6, 6.07) is 10.9. The smallest absolute Gasteiger partial charge is 0.328 e. The van der Waals surface area contributed by atoms with Crippen molar-refractivity contribution in [3.63, 3.8) is 0 Å². The maximum Gasteiger partial charge on any atom is 0.328 e. The number of pyridine rings is 1. The quantitative estimate of drug-likeness (QED) is 0.855. The Hall–Kier alpha value is -2.33. The summed E-state index contributed by atoms with van der Waals surface area (Å²) in [5.74, 6) is -0.491. The molecule has 0 unspecified atom stereocenters. The molecule has 0 aliphatic rings. The van der Waals surface area contributed by atoms with E-state index in [2.05, 4.69) is 4.98 Å². The van der Waals surface area contributed by atoms with Crippen LogP contribution in [0, 0.1) is 6.92 Å². The average Bonchev–Trinajstić information content (AvgIpc) is 2.45. The van der Waals surface area contributed by atoms with Crippen LogP contribution in [0.5, 0.6) is 5.75 Å². The van der Waals surface area contributed by atoms with E-state index in [-0.39, 0.29) is 0 Å². The highest BCUT2D eigenvalue weighted by atomic mass is 35.5. The SMILES string of the molecule is Cc1ccc(OCc2ccc(Cl)cc2)c(C=CC(=O)O)n1. The zero-order valence-corrected chi connectivity index (χ0v) is 12.2. The molecule has 1 heterocycles. The highest BCUT2D eigenvalue weighted by Crippen LogP contribution is 2.20. The van der Waals surface area contributed by atoms with Crippen molar-refractivity contribution >= 4 is 23.6 Å². The Kier molecular flexibility index (Phi) is 4.95. The maximum atomic E-state index is 10.6. The average molecular weight is 304 g/mol. The fourth-order valence-corrected chi connectivity index (χ4v) is 1.82. The fraction of sp³-hybridized carbons (Fsp3) is 0.125. The van der Waals surface area contributed by atoms with Gasteiger partial charge in [0, 0.05) is 16.8 Å². The number of ether oxygens (including phenoxy) is 1. The summed E-state index contributed by atoms with van der Waals surface area (Å²) in [6.45, 7) is 2.19. The number of hydrogen-bond donors (Lipinski definition) is 1. The van der Waals surface area contributed by atoms with Crippen LogP contribution in [0.3, 0.4) is 0 Å². The van der Waals surface area contributed by atoms with E-state index >= 15 is 0 Å². The molecule has 0 amide bonds. The normalized spacial score (nSPS) is 10.8. The second-order valence-electron chi connectivity index (χ2n) is 4.42. The van der Waals surface area contributed by atoms with Gasteiger partial charge in [0.15, 0.2) is 0 Å². The van der Waals surface area contributed by atoms with Gasteiger partial charge in [-0.1, -0.05) is 23.7 Å². The number of carboxylic acid groups (broad SMARTS) is 1. The Morgan fingerprint density at radius 3 is 2.67 bits per heavy atom. The first-order valence-corrected chi connectivity index (χ1v) is 6.68. The van der Waals surface area contributed by atoms with E-state index in [1.807, 2.05) is 25.1 Å². The molecular weight excluding hydrogens is 290 g/mol. The van der Waals surface area contributed by atoms with Gasteiger partial charge in [-0.05, 0) is 42.8 Å². The zero-order valence-electron chi connectivity index (χ0n) is 11.4. The van der Waals surface area contributed by atoms with Crippen molar-refractivity contribution in [3.8, 4) is 5.75 Å². The van der Waals surface area contributed by atoms with Gasteiger partial charge in [0.1, 0.15) is 18.1 Å². The fourth-order valence-electron chi connectivity index (χ4n) is 1.70. The standard InChI is InChI=1S/C16H14ClNO3/c1-11-2-8-15(14(18-11)7-9-16(19)20)21-10-12-3-5-13(17)6-4-12/h2-9H,10H2,1H3,(H,19,20). The van der Waals surface area contributed by atoms with Crippen LogP contribution in [0.1, 0.15) is 17.0 Å². The Balaban J connectivity index is 2.15. The van der Waals surface area contributed by atoms with Crippen LogP contribution in [-0.4, -0.2) is 16.1 Å². The van der Waals surface area contributed by atoms with E-state index < -0.39 is 5.97 Å². The van der Waals surface area contributed by atoms with E-state index in [1.54, 1.807) is 18.2 Å². The molecule has 0 atom stereocenters. The molecule has 0 saturated heterocycles. The van der Waals surface area contributed by atoms with Crippen molar-refractivity contribution in [1.82, 2.24) is 4.98 Å². The predicted molar refractivity (Wildman–Crippen MR) is 81.4 cm³/mol. The molecule has 4 nitrogen and oxygen atoms in total. The van der Waals surface area contributed by atoms with Crippen LogP contribution in [0.25, 0.3) is 6.08 Å². The lowest BCUT2D eigenvalue weighted by atomic mass is 10.2.